The quantitative estimate of drug-likeness (QED) is 0.804. The molecule has 2 aromatic rings. The molecule has 0 bridgehead atoms. The van der Waals surface area contributed by atoms with E-state index in [0.717, 1.165) is 5.69 Å². The largest absolute Gasteiger partial charge is 0.481 e. The fourth-order valence-corrected chi connectivity index (χ4v) is 1.41. The SMILES string of the molecule is Cc1cc(C(C)Oc2ccccc2N)on1. The van der Waals surface area contributed by atoms with Crippen LogP contribution < -0.4 is 10.5 Å². The van der Waals surface area contributed by atoms with Gasteiger partial charge in [0.15, 0.2) is 11.9 Å². The number of nitrogens with zero attached hydrogens (tertiary/aromatic N) is 1. The van der Waals surface area contributed by atoms with Crippen LogP contribution in [0.15, 0.2) is 34.9 Å². The average molecular weight is 218 g/mol. The van der Waals surface area contributed by atoms with Crippen molar-refractivity contribution in [1.29, 1.82) is 0 Å². The van der Waals surface area contributed by atoms with E-state index < -0.39 is 0 Å². The Morgan fingerprint density at radius 2 is 2.12 bits per heavy atom. The number of hydrogen-bond acceptors (Lipinski definition) is 4. The number of nitrogen functional groups attached to an aromatic ring is 1. The molecule has 4 heteroatoms. The van der Waals surface area contributed by atoms with E-state index >= 15 is 0 Å². The molecule has 16 heavy (non-hydrogen) atoms. The summed E-state index contributed by atoms with van der Waals surface area (Å²) >= 11 is 0. The Bertz CT molecular complexity index is 479. The molecule has 2 N–H and O–H groups in total. The van der Waals surface area contributed by atoms with Crippen molar-refractivity contribution in [3.05, 3.63) is 41.8 Å². The fourth-order valence-electron chi connectivity index (χ4n) is 1.41. The number of hydrogen-bond donors (Lipinski definition) is 1. The van der Waals surface area contributed by atoms with Crippen molar-refractivity contribution in [2.45, 2.75) is 20.0 Å². The van der Waals surface area contributed by atoms with E-state index in [1.54, 1.807) is 6.07 Å². The van der Waals surface area contributed by atoms with Crippen molar-refractivity contribution in [2.24, 2.45) is 0 Å². The third-order valence-electron chi connectivity index (χ3n) is 2.27. The lowest BCUT2D eigenvalue weighted by atomic mass is 10.2. The Hall–Kier alpha value is -1.97. The van der Waals surface area contributed by atoms with E-state index in [9.17, 15) is 0 Å². The molecule has 0 amide bonds. The summed E-state index contributed by atoms with van der Waals surface area (Å²) in [7, 11) is 0. The standard InChI is InChI=1S/C12H14N2O2/c1-8-7-12(16-14-8)9(2)15-11-6-4-3-5-10(11)13/h3-7,9H,13H2,1-2H3. The molecule has 0 saturated carbocycles. The van der Waals surface area contributed by atoms with Crippen LogP contribution in [0.4, 0.5) is 5.69 Å². The number of para-hydroxylation sites is 2. The smallest absolute Gasteiger partial charge is 0.177 e. The van der Waals surface area contributed by atoms with Gasteiger partial charge in [0.25, 0.3) is 0 Å². The van der Waals surface area contributed by atoms with Crippen molar-refractivity contribution in [3.8, 4) is 5.75 Å². The van der Waals surface area contributed by atoms with Gasteiger partial charge in [-0.1, -0.05) is 17.3 Å². The third-order valence-corrected chi connectivity index (χ3v) is 2.27. The second-order valence-electron chi connectivity index (χ2n) is 3.67. The van der Waals surface area contributed by atoms with Gasteiger partial charge in [-0.25, -0.2) is 0 Å². The summed E-state index contributed by atoms with van der Waals surface area (Å²) in [5, 5.41) is 3.82. The lowest BCUT2D eigenvalue weighted by Crippen LogP contribution is -2.03. The van der Waals surface area contributed by atoms with E-state index in [0.29, 0.717) is 17.2 Å². The maximum Gasteiger partial charge on any atom is 0.177 e. The normalized spacial score (nSPS) is 12.4. The van der Waals surface area contributed by atoms with Crippen LogP contribution in [0.3, 0.4) is 0 Å². The Morgan fingerprint density at radius 1 is 1.38 bits per heavy atom. The minimum absolute atomic E-state index is 0.203. The maximum absolute atomic E-state index is 5.78. The monoisotopic (exact) mass is 218 g/mol. The first-order chi connectivity index (χ1) is 7.66. The fraction of sp³-hybridized carbons (Fsp3) is 0.250. The summed E-state index contributed by atoms with van der Waals surface area (Å²) in [6.07, 6.45) is -0.203. The number of aryl methyl sites for hydroxylation is 1. The lowest BCUT2D eigenvalue weighted by molar-refractivity contribution is 0.183. The van der Waals surface area contributed by atoms with Crippen molar-refractivity contribution in [1.82, 2.24) is 5.16 Å². The first-order valence-corrected chi connectivity index (χ1v) is 5.11. The van der Waals surface area contributed by atoms with Gasteiger partial charge in [0.2, 0.25) is 0 Å². The molecule has 0 radical (unpaired) electrons. The summed E-state index contributed by atoms with van der Waals surface area (Å²) in [6.45, 7) is 3.77. The first-order valence-electron chi connectivity index (χ1n) is 5.11. The minimum Gasteiger partial charge on any atom is -0.481 e. The number of ether oxygens (including phenoxy) is 1. The Morgan fingerprint density at radius 3 is 2.75 bits per heavy atom. The van der Waals surface area contributed by atoms with Crippen molar-refractivity contribution < 1.29 is 9.26 Å². The molecule has 0 aliphatic heterocycles. The van der Waals surface area contributed by atoms with Crippen LogP contribution >= 0.6 is 0 Å². The van der Waals surface area contributed by atoms with Crippen LogP contribution in [0, 0.1) is 6.92 Å². The van der Waals surface area contributed by atoms with Gasteiger partial charge in [0.05, 0.1) is 11.4 Å². The van der Waals surface area contributed by atoms with E-state index in [4.69, 9.17) is 15.0 Å². The highest BCUT2D eigenvalue weighted by Gasteiger charge is 2.13. The Kier molecular flexibility index (Phi) is 2.81. The van der Waals surface area contributed by atoms with Crippen molar-refractivity contribution in [3.63, 3.8) is 0 Å². The van der Waals surface area contributed by atoms with E-state index in [1.165, 1.54) is 0 Å². The van der Waals surface area contributed by atoms with Gasteiger partial charge >= 0.3 is 0 Å². The van der Waals surface area contributed by atoms with E-state index in [1.807, 2.05) is 38.1 Å². The second-order valence-corrected chi connectivity index (χ2v) is 3.67. The van der Waals surface area contributed by atoms with Gasteiger partial charge in [0.1, 0.15) is 5.75 Å². The Labute approximate surface area is 94.0 Å². The van der Waals surface area contributed by atoms with E-state index in [-0.39, 0.29) is 6.10 Å². The van der Waals surface area contributed by atoms with Gasteiger partial charge in [0, 0.05) is 6.07 Å². The van der Waals surface area contributed by atoms with Crippen LogP contribution in [-0.4, -0.2) is 5.16 Å². The van der Waals surface area contributed by atoms with E-state index in [2.05, 4.69) is 5.16 Å². The average Bonchev–Trinajstić information content (AvgIpc) is 2.68. The van der Waals surface area contributed by atoms with Gasteiger partial charge in [-0.3, -0.25) is 0 Å². The topological polar surface area (TPSA) is 61.3 Å². The molecule has 0 aliphatic rings. The number of anilines is 1. The zero-order chi connectivity index (χ0) is 11.5. The predicted octanol–water partition coefficient (Wildman–Crippen LogP) is 2.71. The molecular formula is C12H14N2O2. The molecule has 0 fully saturated rings. The van der Waals surface area contributed by atoms with Crippen LogP contribution in [0.5, 0.6) is 5.75 Å². The molecular weight excluding hydrogens is 204 g/mol. The number of aromatic nitrogens is 1. The minimum atomic E-state index is -0.203. The van der Waals surface area contributed by atoms with Crippen LogP contribution in [-0.2, 0) is 0 Å². The van der Waals surface area contributed by atoms with Crippen LogP contribution in [0.1, 0.15) is 24.5 Å². The molecule has 1 atom stereocenters. The second kappa shape index (κ2) is 4.26. The van der Waals surface area contributed by atoms with Gasteiger partial charge in [-0.15, -0.1) is 0 Å². The number of rotatable bonds is 3. The molecule has 0 saturated heterocycles. The first kappa shape index (κ1) is 10.5. The molecule has 1 aromatic heterocycles. The maximum atomic E-state index is 5.78. The van der Waals surface area contributed by atoms with Crippen molar-refractivity contribution >= 4 is 5.69 Å². The number of nitrogens with two attached hydrogens (primary N) is 1. The van der Waals surface area contributed by atoms with Crippen molar-refractivity contribution in [2.75, 3.05) is 5.73 Å². The Balaban J connectivity index is 2.13. The van der Waals surface area contributed by atoms with Crippen LogP contribution in [0.2, 0.25) is 0 Å². The highest BCUT2D eigenvalue weighted by Crippen LogP contribution is 2.26. The molecule has 2 rings (SSSR count). The lowest BCUT2D eigenvalue weighted by Gasteiger charge is -2.13. The van der Waals surface area contributed by atoms with Gasteiger partial charge in [-0.05, 0) is 26.0 Å². The summed E-state index contributed by atoms with van der Waals surface area (Å²) in [6, 6.07) is 9.22. The van der Waals surface area contributed by atoms with Gasteiger partial charge in [-0.2, -0.15) is 0 Å². The molecule has 0 spiro atoms. The predicted molar refractivity (Wildman–Crippen MR) is 61.1 cm³/mol. The van der Waals surface area contributed by atoms with Gasteiger partial charge < -0.3 is 15.0 Å². The summed E-state index contributed by atoms with van der Waals surface area (Å²) in [5.41, 5.74) is 7.24. The summed E-state index contributed by atoms with van der Waals surface area (Å²) in [4.78, 5) is 0. The summed E-state index contributed by atoms with van der Waals surface area (Å²) < 4.78 is 10.8. The molecule has 4 nitrogen and oxygen atoms in total. The molecule has 84 valence electrons. The highest BCUT2D eigenvalue weighted by atomic mass is 16.5. The third kappa shape index (κ3) is 2.16. The molecule has 1 aromatic carbocycles. The molecule has 1 heterocycles. The molecule has 1 unspecified atom stereocenters. The van der Waals surface area contributed by atoms with Crippen LogP contribution in [0.25, 0.3) is 0 Å². The zero-order valence-corrected chi connectivity index (χ0v) is 9.31. The summed E-state index contributed by atoms with van der Waals surface area (Å²) in [5.74, 6) is 1.35. The molecule has 0 aliphatic carbocycles. The highest BCUT2D eigenvalue weighted by molar-refractivity contribution is 5.51. The number of benzene rings is 1. The zero-order valence-electron chi connectivity index (χ0n) is 9.31.